The SMILES string of the molecule is CC/C=C\C/C=C\C/C=C\C/C=C\CCCCCCCCCCC(=O)OC(COC(=O)CCCCCCCCCCCCCCCCCCCCCCCCCCCCCCCC)COP(=O)(O)OCC[N+](C)(C)C. The first-order chi connectivity index (χ1) is 36.5. The Morgan fingerprint density at radius 1 is 0.427 bits per heavy atom. The summed E-state index contributed by atoms with van der Waals surface area (Å²) >= 11 is 0. The van der Waals surface area contributed by atoms with Crippen LogP contribution in [0.2, 0.25) is 0 Å². The van der Waals surface area contributed by atoms with Crippen molar-refractivity contribution in [3.8, 4) is 0 Å². The number of unbranched alkanes of at least 4 members (excludes halogenated alkanes) is 37. The number of hydrogen-bond acceptors (Lipinski definition) is 7. The molecule has 0 aliphatic carbocycles. The van der Waals surface area contributed by atoms with Crippen molar-refractivity contribution in [2.75, 3.05) is 47.5 Å². The first-order valence-corrected chi connectivity index (χ1v) is 33.4. The molecule has 2 atom stereocenters. The predicted molar refractivity (Wildman–Crippen MR) is 321 cm³/mol. The minimum atomic E-state index is -4.39. The summed E-state index contributed by atoms with van der Waals surface area (Å²) in [4.78, 5) is 35.8. The summed E-state index contributed by atoms with van der Waals surface area (Å²) in [5, 5.41) is 0. The monoisotopic (exact) mass is 1080 g/mol. The number of hydrogen-bond donors (Lipinski definition) is 1. The second-order valence-corrected chi connectivity index (χ2v) is 24.2. The molecule has 0 bridgehead atoms. The maximum Gasteiger partial charge on any atom is 0.472 e. The molecule has 0 saturated carbocycles. The molecule has 1 N–H and O–H groups in total. The number of carbonyl (C=O) groups excluding carboxylic acids is 2. The molecule has 9 nitrogen and oxygen atoms in total. The van der Waals surface area contributed by atoms with Crippen LogP contribution in [0.15, 0.2) is 48.6 Å². The number of nitrogens with zero attached hydrogens (tertiary/aromatic N) is 1. The largest absolute Gasteiger partial charge is 0.472 e. The van der Waals surface area contributed by atoms with Crippen molar-refractivity contribution in [1.82, 2.24) is 0 Å². The van der Waals surface area contributed by atoms with Crippen molar-refractivity contribution in [2.45, 2.75) is 309 Å². The Hall–Kier alpha value is -2.03. The summed E-state index contributed by atoms with van der Waals surface area (Å²) in [5.41, 5.74) is 0. The highest BCUT2D eigenvalue weighted by Crippen LogP contribution is 2.43. The van der Waals surface area contributed by atoms with Gasteiger partial charge in [0, 0.05) is 12.8 Å². The van der Waals surface area contributed by atoms with Crippen LogP contribution >= 0.6 is 7.82 Å². The lowest BCUT2D eigenvalue weighted by Gasteiger charge is -2.24. The van der Waals surface area contributed by atoms with E-state index in [1.807, 2.05) is 21.1 Å². The van der Waals surface area contributed by atoms with Crippen LogP contribution < -0.4 is 0 Å². The van der Waals surface area contributed by atoms with E-state index in [1.165, 1.54) is 199 Å². The third-order valence-corrected chi connectivity index (χ3v) is 15.1. The lowest BCUT2D eigenvalue weighted by Crippen LogP contribution is -2.37. The Balaban J connectivity index is 4.04. The molecule has 0 aliphatic heterocycles. The molecule has 0 rings (SSSR count). The number of quaternary nitrogens is 1. The van der Waals surface area contributed by atoms with Crippen LogP contribution in [0.1, 0.15) is 303 Å². The van der Waals surface area contributed by atoms with Crippen LogP contribution in [0.3, 0.4) is 0 Å². The number of likely N-dealkylation sites (N-methyl/N-ethyl adjacent to an activating group) is 1. The Labute approximate surface area is 464 Å². The molecule has 0 radical (unpaired) electrons. The number of rotatable bonds is 59. The minimum absolute atomic E-state index is 0.0302. The molecular formula is C65H123NO8P+. The van der Waals surface area contributed by atoms with E-state index >= 15 is 0 Å². The Morgan fingerprint density at radius 2 is 0.760 bits per heavy atom. The molecular weight excluding hydrogens is 954 g/mol. The average Bonchev–Trinajstić information content (AvgIpc) is 3.37. The van der Waals surface area contributed by atoms with Gasteiger partial charge < -0.3 is 18.9 Å². The molecule has 0 saturated heterocycles. The smallest absolute Gasteiger partial charge is 0.462 e. The molecule has 2 unspecified atom stereocenters. The third-order valence-electron chi connectivity index (χ3n) is 14.1. The van der Waals surface area contributed by atoms with E-state index in [0.29, 0.717) is 23.9 Å². The molecule has 0 aromatic rings. The fourth-order valence-corrected chi connectivity index (χ4v) is 9.99. The summed E-state index contributed by atoms with van der Waals surface area (Å²) in [6, 6.07) is 0. The second-order valence-electron chi connectivity index (χ2n) is 22.8. The first kappa shape index (κ1) is 73.0. The maximum atomic E-state index is 12.8. The van der Waals surface area contributed by atoms with Crippen LogP contribution in [0.4, 0.5) is 0 Å². The van der Waals surface area contributed by atoms with Gasteiger partial charge >= 0.3 is 19.8 Å². The molecule has 0 aliphatic rings. The molecule has 0 aromatic heterocycles. The molecule has 0 spiro atoms. The van der Waals surface area contributed by atoms with Gasteiger partial charge in [0.2, 0.25) is 0 Å². The predicted octanol–water partition coefficient (Wildman–Crippen LogP) is 20.1. The number of carbonyl (C=O) groups is 2. The van der Waals surface area contributed by atoms with E-state index in [4.69, 9.17) is 18.5 Å². The van der Waals surface area contributed by atoms with Gasteiger partial charge in [-0.2, -0.15) is 0 Å². The first-order valence-electron chi connectivity index (χ1n) is 31.9. The van der Waals surface area contributed by atoms with Gasteiger partial charge in [-0.05, 0) is 51.4 Å². The fraction of sp³-hybridized carbons (Fsp3) is 0.846. The molecule has 0 amide bonds. The van der Waals surface area contributed by atoms with Gasteiger partial charge in [-0.25, -0.2) is 4.57 Å². The highest BCUT2D eigenvalue weighted by Gasteiger charge is 2.27. The Morgan fingerprint density at radius 3 is 1.13 bits per heavy atom. The lowest BCUT2D eigenvalue weighted by atomic mass is 10.0. The number of phosphoric ester groups is 1. The van der Waals surface area contributed by atoms with Crippen molar-refractivity contribution >= 4 is 19.8 Å². The van der Waals surface area contributed by atoms with Crippen molar-refractivity contribution in [3.05, 3.63) is 48.6 Å². The molecule has 75 heavy (non-hydrogen) atoms. The quantitative estimate of drug-likeness (QED) is 0.0211. The van der Waals surface area contributed by atoms with Gasteiger partial charge in [-0.15, -0.1) is 0 Å². The maximum absolute atomic E-state index is 12.8. The Kier molecular flexibility index (Phi) is 55.1. The van der Waals surface area contributed by atoms with E-state index in [-0.39, 0.29) is 25.6 Å². The van der Waals surface area contributed by atoms with E-state index in [1.54, 1.807) is 0 Å². The number of allylic oxidation sites excluding steroid dienone is 8. The van der Waals surface area contributed by atoms with Crippen molar-refractivity contribution in [1.29, 1.82) is 0 Å². The van der Waals surface area contributed by atoms with Crippen LogP contribution in [-0.4, -0.2) is 74.9 Å². The van der Waals surface area contributed by atoms with Crippen molar-refractivity contribution < 1.29 is 42.1 Å². The average molecular weight is 1080 g/mol. The number of esters is 2. The van der Waals surface area contributed by atoms with Crippen LogP contribution in [-0.2, 0) is 32.7 Å². The second kappa shape index (κ2) is 56.7. The molecule has 0 aromatic carbocycles. The summed E-state index contributed by atoms with van der Waals surface area (Å²) in [6.45, 7) is 4.36. The lowest BCUT2D eigenvalue weighted by molar-refractivity contribution is -0.870. The number of phosphoric acid groups is 1. The fourth-order valence-electron chi connectivity index (χ4n) is 9.25. The van der Waals surface area contributed by atoms with Gasteiger partial charge in [0.05, 0.1) is 27.7 Å². The zero-order valence-corrected chi connectivity index (χ0v) is 50.9. The molecule has 10 heteroatoms. The van der Waals surface area contributed by atoms with Crippen molar-refractivity contribution in [3.63, 3.8) is 0 Å². The molecule has 440 valence electrons. The van der Waals surface area contributed by atoms with E-state index in [2.05, 4.69) is 62.5 Å². The zero-order chi connectivity index (χ0) is 54.9. The Bertz CT molecular complexity index is 1410. The minimum Gasteiger partial charge on any atom is -0.462 e. The van der Waals surface area contributed by atoms with Crippen LogP contribution in [0.25, 0.3) is 0 Å². The summed E-state index contributed by atoms with van der Waals surface area (Å²) in [5.74, 6) is -0.794. The third kappa shape index (κ3) is 61.1. The zero-order valence-electron chi connectivity index (χ0n) is 50.0. The van der Waals surface area contributed by atoms with E-state index in [0.717, 1.165) is 70.6 Å². The van der Waals surface area contributed by atoms with Crippen LogP contribution in [0, 0.1) is 0 Å². The van der Waals surface area contributed by atoms with E-state index < -0.39 is 26.5 Å². The normalized spacial score (nSPS) is 13.5. The van der Waals surface area contributed by atoms with Crippen LogP contribution in [0.5, 0.6) is 0 Å². The topological polar surface area (TPSA) is 108 Å². The van der Waals surface area contributed by atoms with Gasteiger partial charge in [-0.1, -0.05) is 287 Å². The van der Waals surface area contributed by atoms with Gasteiger partial charge in [0.15, 0.2) is 6.10 Å². The van der Waals surface area contributed by atoms with Crippen molar-refractivity contribution in [2.24, 2.45) is 0 Å². The number of ether oxygens (including phenoxy) is 2. The van der Waals surface area contributed by atoms with Gasteiger partial charge in [0.1, 0.15) is 19.8 Å². The highest BCUT2D eigenvalue weighted by atomic mass is 31.2. The highest BCUT2D eigenvalue weighted by molar-refractivity contribution is 7.47. The van der Waals surface area contributed by atoms with Gasteiger partial charge in [-0.3, -0.25) is 18.6 Å². The summed E-state index contributed by atoms with van der Waals surface area (Å²) in [6.07, 6.45) is 72.0. The van der Waals surface area contributed by atoms with E-state index in [9.17, 15) is 19.0 Å². The molecule has 0 fully saturated rings. The summed E-state index contributed by atoms with van der Waals surface area (Å²) in [7, 11) is 1.48. The van der Waals surface area contributed by atoms with Gasteiger partial charge in [0.25, 0.3) is 0 Å². The standard InChI is InChI=1S/C65H122NO8P/c1-6-8-10-12-14-16-18-20-22-24-26-28-29-30-31-32-33-34-35-36-38-39-41-43-45-47-49-51-53-55-57-64(67)71-61-63(62-73-75(69,70)72-60-59-66(3,4)5)74-65(68)58-56-54-52-50-48-46-44-42-40-37-27-25-23-21-19-17-15-13-11-9-7-2/h9,11,15,17,21,23,27,37,63H,6-8,10,12-14,16,18-20,22,24-26,28-36,38-62H2,1-5H3/p+1/b11-9-,17-15-,23-21-,37-27-. The molecule has 0 heterocycles. The summed E-state index contributed by atoms with van der Waals surface area (Å²) < 4.78 is 34.6.